The van der Waals surface area contributed by atoms with Crippen LogP contribution in [0.1, 0.15) is 88.2 Å². The molecule has 0 spiro atoms. The van der Waals surface area contributed by atoms with Gasteiger partial charge in [0.2, 0.25) is 0 Å². The zero-order chi connectivity index (χ0) is 25.7. The highest BCUT2D eigenvalue weighted by atomic mass is 19.3. The molecule has 0 aliphatic heterocycles. The van der Waals surface area contributed by atoms with Crippen LogP contribution in [-0.4, -0.2) is 6.61 Å². The molecular formula is C29H35F5O2. The van der Waals surface area contributed by atoms with E-state index in [1.165, 1.54) is 63.5 Å². The summed E-state index contributed by atoms with van der Waals surface area (Å²) in [6.07, 6.45) is 8.96. The number of hydrogen-bond acceptors (Lipinski definition) is 2. The molecule has 2 nitrogen and oxygen atoms in total. The zero-order valence-electron chi connectivity index (χ0n) is 20.7. The topological polar surface area (TPSA) is 18.5 Å². The Kier molecular flexibility index (Phi) is 8.78. The fourth-order valence-corrected chi connectivity index (χ4v) is 6.17. The van der Waals surface area contributed by atoms with Crippen LogP contribution < -0.4 is 9.47 Å². The lowest BCUT2D eigenvalue weighted by molar-refractivity contribution is -0.185. The second-order valence-corrected chi connectivity index (χ2v) is 10.4. The molecule has 0 radical (unpaired) electrons. The third-order valence-electron chi connectivity index (χ3n) is 8.11. The Morgan fingerprint density at radius 3 is 2.03 bits per heavy atom. The largest absolute Gasteiger partial charge is 0.432 e. The predicted molar refractivity (Wildman–Crippen MR) is 129 cm³/mol. The SMILES string of the molecule is CCC[C@H]1CC[C@H](C2CCC(c3ccc(C(F)(F)Oc4ccc(OC(F)F)c(F)c4)cc3)CC2)CC1. The van der Waals surface area contributed by atoms with Gasteiger partial charge in [-0.1, -0.05) is 44.7 Å². The van der Waals surface area contributed by atoms with Crippen LogP contribution in [0.3, 0.4) is 0 Å². The summed E-state index contributed by atoms with van der Waals surface area (Å²) in [6, 6.07) is 8.57. The third kappa shape index (κ3) is 6.71. The summed E-state index contributed by atoms with van der Waals surface area (Å²) < 4.78 is 76.5. The van der Waals surface area contributed by atoms with Crippen molar-refractivity contribution >= 4 is 0 Å². The molecule has 0 bridgehead atoms. The lowest BCUT2D eigenvalue weighted by atomic mass is 9.68. The van der Waals surface area contributed by atoms with Crippen LogP contribution >= 0.6 is 0 Å². The molecule has 198 valence electrons. The van der Waals surface area contributed by atoms with E-state index >= 15 is 0 Å². The van der Waals surface area contributed by atoms with E-state index in [0.717, 1.165) is 48.3 Å². The van der Waals surface area contributed by atoms with Crippen LogP contribution in [0.2, 0.25) is 0 Å². The lowest BCUT2D eigenvalue weighted by Crippen LogP contribution is -2.25. The van der Waals surface area contributed by atoms with Crippen molar-refractivity contribution in [2.75, 3.05) is 0 Å². The molecule has 2 aromatic carbocycles. The number of halogens is 5. The van der Waals surface area contributed by atoms with Gasteiger partial charge in [-0.15, -0.1) is 0 Å². The van der Waals surface area contributed by atoms with Gasteiger partial charge in [0, 0.05) is 6.07 Å². The fourth-order valence-electron chi connectivity index (χ4n) is 6.17. The van der Waals surface area contributed by atoms with Gasteiger partial charge in [0.1, 0.15) is 5.75 Å². The Balaban J connectivity index is 1.30. The minimum absolute atomic E-state index is 0.350. The minimum Gasteiger partial charge on any atom is -0.432 e. The van der Waals surface area contributed by atoms with Crippen LogP contribution in [0.25, 0.3) is 0 Å². The molecule has 0 amide bonds. The Labute approximate surface area is 210 Å². The fraction of sp³-hybridized carbons (Fsp3) is 0.586. The third-order valence-corrected chi connectivity index (χ3v) is 8.11. The van der Waals surface area contributed by atoms with E-state index in [-0.39, 0.29) is 5.56 Å². The molecule has 36 heavy (non-hydrogen) atoms. The van der Waals surface area contributed by atoms with Gasteiger partial charge in [0.05, 0.1) is 5.56 Å². The standard InChI is InChI=1S/C29H35F5O2/c1-2-3-19-4-6-20(7-5-19)21-8-10-22(11-9-21)23-12-14-24(15-13-23)29(33,34)36-25-16-17-27(26(30)18-25)35-28(31)32/h12-22,28H,2-11H2,1H3/t19-,20-,21?,22?. The predicted octanol–water partition coefficient (Wildman–Crippen LogP) is 9.44. The lowest BCUT2D eigenvalue weighted by Gasteiger charge is -2.38. The summed E-state index contributed by atoms with van der Waals surface area (Å²) in [5.41, 5.74) is 0.705. The van der Waals surface area contributed by atoms with Crippen molar-refractivity contribution in [2.45, 2.75) is 89.8 Å². The second kappa shape index (κ2) is 11.8. The molecule has 2 aliphatic rings. The Bertz CT molecular complexity index is 962. The van der Waals surface area contributed by atoms with Crippen molar-refractivity contribution in [3.63, 3.8) is 0 Å². The van der Waals surface area contributed by atoms with E-state index in [4.69, 9.17) is 4.74 Å². The van der Waals surface area contributed by atoms with Gasteiger partial charge in [-0.25, -0.2) is 4.39 Å². The molecule has 0 aromatic heterocycles. The van der Waals surface area contributed by atoms with E-state index in [9.17, 15) is 22.0 Å². The van der Waals surface area contributed by atoms with E-state index in [0.29, 0.717) is 12.0 Å². The molecule has 2 aliphatic carbocycles. The number of rotatable bonds is 9. The van der Waals surface area contributed by atoms with E-state index in [2.05, 4.69) is 11.7 Å². The Hall–Kier alpha value is -2.31. The summed E-state index contributed by atoms with van der Waals surface area (Å²) in [5, 5.41) is 0. The first kappa shape index (κ1) is 26.7. The van der Waals surface area contributed by atoms with Crippen LogP contribution in [0.5, 0.6) is 11.5 Å². The average Bonchev–Trinajstić information content (AvgIpc) is 2.86. The van der Waals surface area contributed by atoms with Crippen LogP contribution in [-0.2, 0) is 6.11 Å². The van der Waals surface area contributed by atoms with Gasteiger partial charge >= 0.3 is 12.7 Å². The second-order valence-electron chi connectivity index (χ2n) is 10.4. The summed E-state index contributed by atoms with van der Waals surface area (Å²) in [7, 11) is 0. The molecule has 0 atom stereocenters. The highest BCUT2D eigenvalue weighted by Crippen LogP contribution is 2.45. The molecule has 0 heterocycles. The molecule has 7 heteroatoms. The first-order valence-corrected chi connectivity index (χ1v) is 13.2. The Morgan fingerprint density at radius 2 is 1.47 bits per heavy atom. The molecular weight excluding hydrogens is 475 g/mol. The molecule has 0 saturated heterocycles. The zero-order valence-corrected chi connectivity index (χ0v) is 20.7. The van der Waals surface area contributed by atoms with E-state index in [1.54, 1.807) is 12.1 Å². The van der Waals surface area contributed by atoms with E-state index < -0.39 is 30.0 Å². The number of ether oxygens (including phenoxy) is 2. The van der Waals surface area contributed by atoms with Crippen LogP contribution in [0.15, 0.2) is 42.5 Å². The highest BCUT2D eigenvalue weighted by molar-refractivity contribution is 5.34. The Morgan fingerprint density at radius 1 is 0.861 bits per heavy atom. The maximum absolute atomic E-state index is 14.7. The van der Waals surface area contributed by atoms with Crippen molar-refractivity contribution < 1.29 is 31.4 Å². The van der Waals surface area contributed by atoms with Gasteiger partial charge in [-0.05, 0) is 92.0 Å². The van der Waals surface area contributed by atoms with Crippen molar-refractivity contribution in [3.05, 3.63) is 59.4 Å². The number of benzene rings is 2. The number of hydrogen-bond donors (Lipinski definition) is 0. The van der Waals surface area contributed by atoms with Crippen molar-refractivity contribution in [3.8, 4) is 11.5 Å². The quantitative estimate of drug-likeness (QED) is 0.313. The summed E-state index contributed by atoms with van der Waals surface area (Å²) in [4.78, 5) is 0. The first-order valence-electron chi connectivity index (χ1n) is 13.2. The smallest absolute Gasteiger partial charge is 0.426 e. The maximum atomic E-state index is 14.7. The molecule has 0 unspecified atom stereocenters. The van der Waals surface area contributed by atoms with Crippen LogP contribution in [0, 0.1) is 23.6 Å². The highest BCUT2D eigenvalue weighted by Gasteiger charge is 2.36. The molecule has 2 fully saturated rings. The summed E-state index contributed by atoms with van der Waals surface area (Å²) >= 11 is 0. The first-order chi connectivity index (χ1) is 17.2. The van der Waals surface area contributed by atoms with Crippen LogP contribution in [0.4, 0.5) is 22.0 Å². The summed E-state index contributed by atoms with van der Waals surface area (Å²) in [6.45, 7) is -0.948. The van der Waals surface area contributed by atoms with Gasteiger partial charge in [0.15, 0.2) is 11.6 Å². The monoisotopic (exact) mass is 510 g/mol. The van der Waals surface area contributed by atoms with Crippen molar-refractivity contribution in [1.29, 1.82) is 0 Å². The molecule has 0 N–H and O–H groups in total. The molecule has 2 saturated carbocycles. The van der Waals surface area contributed by atoms with Gasteiger partial charge in [0.25, 0.3) is 0 Å². The van der Waals surface area contributed by atoms with Gasteiger partial charge in [-0.3, -0.25) is 0 Å². The van der Waals surface area contributed by atoms with Crippen molar-refractivity contribution in [2.24, 2.45) is 17.8 Å². The molecule has 2 aromatic rings. The summed E-state index contributed by atoms with van der Waals surface area (Å²) in [5.74, 6) is 0.508. The van der Waals surface area contributed by atoms with Crippen molar-refractivity contribution in [1.82, 2.24) is 0 Å². The number of alkyl halides is 4. The van der Waals surface area contributed by atoms with Gasteiger partial charge < -0.3 is 9.47 Å². The van der Waals surface area contributed by atoms with Gasteiger partial charge in [-0.2, -0.15) is 17.6 Å². The maximum Gasteiger partial charge on any atom is 0.426 e. The minimum atomic E-state index is -3.70. The average molecular weight is 511 g/mol. The normalized spacial score (nSPS) is 25.1. The molecule has 4 rings (SSSR count). The van der Waals surface area contributed by atoms with E-state index in [1.807, 2.05) is 0 Å².